The van der Waals surface area contributed by atoms with Crippen LogP contribution in [0, 0.1) is 10.1 Å². The normalized spacial score (nSPS) is 11.4. The Hall–Kier alpha value is -2.84. The lowest BCUT2D eigenvalue weighted by atomic mass is 10.2. The van der Waals surface area contributed by atoms with Gasteiger partial charge in [-0.3, -0.25) is 14.9 Å². The SMILES string of the molecule is C[C@@H](Oc1ccc(Cl)cc1)C(=O)OCC(=O)Nc1ccc(Cl)cc1[N+](=O)[O-]. The summed E-state index contributed by atoms with van der Waals surface area (Å²) in [5.74, 6) is -1.11. The number of hydrogen-bond donors (Lipinski definition) is 1. The first-order chi connectivity index (χ1) is 12.8. The van der Waals surface area contributed by atoms with E-state index >= 15 is 0 Å². The van der Waals surface area contributed by atoms with Gasteiger partial charge >= 0.3 is 5.97 Å². The number of rotatable bonds is 7. The van der Waals surface area contributed by atoms with Gasteiger partial charge in [0, 0.05) is 16.1 Å². The van der Waals surface area contributed by atoms with Crippen molar-refractivity contribution in [3.8, 4) is 5.75 Å². The number of esters is 1. The first kappa shape index (κ1) is 20.5. The van der Waals surface area contributed by atoms with Crippen LogP contribution in [0.5, 0.6) is 5.75 Å². The van der Waals surface area contributed by atoms with Crippen LogP contribution in [-0.2, 0) is 14.3 Å². The van der Waals surface area contributed by atoms with Crippen molar-refractivity contribution >= 4 is 46.5 Å². The van der Waals surface area contributed by atoms with E-state index < -0.39 is 29.5 Å². The Kier molecular flexibility index (Phi) is 6.98. The van der Waals surface area contributed by atoms with Crippen LogP contribution in [0.15, 0.2) is 42.5 Å². The molecule has 1 amide bonds. The molecular weight excluding hydrogens is 399 g/mol. The highest BCUT2D eigenvalue weighted by atomic mass is 35.5. The molecule has 142 valence electrons. The van der Waals surface area contributed by atoms with Crippen LogP contribution in [0.1, 0.15) is 6.92 Å². The minimum Gasteiger partial charge on any atom is -0.479 e. The summed E-state index contributed by atoms with van der Waals surface area (Å²) in [6.07, 6.45) is -0.969. The molecule has 0 aliphatic heterocycles. The van der Waals surface area contributed by atoms with Crippen molar-refractivity contribution in [1.29, 1.82) is 0 Å². The molecule has 1 atom stereocenters. The summed E-state index contributed by atoms with van der Waals surface area (Å²) in [5.41, 5.74) is -0.433. The van der Waals surface area contributed by atoms with E-state index in [9.17, 15) is 19.7 Å². The molecule has 2 rings (SSSR count). The third-order valence-electron chi connectivity index (χ3n) is 3.23. The minimum atomic E-state index is -0.969. The molecule has 0 radical (unpaired) electrons. The maximum atomic E-state index is 11.9. The van der Waals surface area contributed by atoms with Crippen LogP contribution in [-0.4, -0.2) is 29.5 Å². The third kappa shape index (κ3) is 6.12. The zero-order chi connectivity index (χ0) is 20.0. The summed E-state index contributed by atoms with van der Waals surface area (Å²) in [7, 11) is 0. The predicted octanol–water partition coefficient (Wildman–Crippen LogP) is 3.85. The quantitative estimate of drug-likeness (QED) is 0.420. The number of benzene rings is 2. The number of carbonyl (C=O) groups excluding carboxylic acids is 2. The van der Waals surface area contributed by atoms with Crippen LogP contribution in [0.2, 0.25) is 10.0 Å². The molecular formula is C17H14Cl2N2O6. The number of ether oxygens (including phenoxy) is 2. The van der Waals surface area contributed by atoms with Gasteiger partial charge in [0.25, 0.3) is 11.6 Å². The van der Waals surface area contributed by atoms with E-state index in [1.165, 1.54) is 19.1 Å². The molecule has 27 heavy (non-hydrogen) atoms. The van der Waals surface area contributed by atoms with Crippen molar-refractivity contribution in [3.05, 3.63) is 62.6 Å². The number of nitro groups is 1. The Morgan fingerprint density at radius 1 is 1.15 bits per heavy atom. The second-order valence-corrected chi connectivity index (χ2v) is 6.16. The Balaban J connectivity index is 1.88. The van der Waals surface area contributed by atoms with Crippen LogP contribution in [0.25, 0.3) is 0 Å². The summed E-state index contributed by atoms with van der Waals surface area (Å²) < 4.78 is 10.2. The van der Waals surface area contributed by atoms with E-state index in [1.54, 1.807) is 24.3 Å². The van der Waals surface area contributed by atoms with Gasteiger partial charge in [-0.25, -0.2) is 4.79 Å². The van der Waals surface area contributed by atoms with Gasteiger partial charge < -0.3 is 14.8 Å². The molecule has 0 fully saturated rings. The Bertz CT molecular complexity index is 857. The maximum Gasteiger partial charge on any atom is 0.347 e. The molecule has 0 saturated heterocycles. The molecule has 10 heteroatoms. The van der Waals surface area contributed by atoms with Crippen molar-refractivity contribution in [3.63, 3.8) is 0 Å². The molecule has 2 aromatic rings. The van der Waals surface area contributed by atoms with Gasteiger partial charge in [0.2, 0.25) is 0 Å². The summed E-state index contributed by atoms with van der Waals surface area (Å²) in [6, 6.07) is 10.1. The molecule has 0 aliphatic rings. The van der Waals surface area contributed by atoms with Crippen molar-refractivity contribution in [2.45, 2.75) is 13.0 Å². The second-order valence-electron chi connectivity index (χ2n) is 5.29. The molecule has 0 aliphatic carbocycles. The monoisotopic (exact) mass is 412 g/mol. The van der Waals surface area contributed by atoms with Gasteiger partial charge in [0.05, 0.1) is 4.92 Å². The number of anilines is 1. The summed E-state index contributed by atoms with van der Waals surface area (Å²) >= 11 is 11.5. The third-order valence-corrected chi connectivity index (χ3v) is 3.72. The summed E-state index contributed by atoms with van der Waals surface area (Å²) in [4.78, 5) is 34.1. The number of nitro benzene ring substituents is 1. The van der Waals surface area contributed by atoms with E-state index in [1.807, 2.05) is 0 Å². The standard InChI is InChI=1S/C17H14Cl2N2O6/c1-10(27-13-5-2-11(18)3-6-13)17(23)26-9-16(22)20-14-7-4-12(19)8-15(14)21(24)25/h2-8,10H,9H2,1H3,(H,20,22)/t10-/m1/s1. The zero-order valence-corrected chi connectivity index (χ0v) is 15.5. The highest BCUT2D eigenvalue weighted by molar-refractivity contribution is 6.31. The lowest BCUT2D eigenvalue weighted by Gasteiger charge is -2.14. The van der Waals surface area contributed by atoms with Crippen molar-refractivity contribution in [2.24, 2.45) is 0 Å². The van der Waals surface area contributed by atoms with E-state index in [0.29, 0.717) is 10.8 Å². The van der Waals surface area contributed by atoms with Crippen molar-refractivity contribution < 1.29 is 24.0 Å². The smallest absolute Gasteiger partial charge is 0.347 e. The molecule has 0 heterocycles. The van der Waals surface area contributed by atoms with E-state index in [4.69, 9.17) is 32.7 Å². The molecule has 2 aromatic carbocycles. The number of amides is 1. The second kappa shape index (κ2) is 9.20. The zero-order valence-electron chi connectivity index (χ0n) is 14.0. The number of nitrogens with zero attached hydrogens (tertiary/aromatic N) is 1. The highest BCUT2D eigenvalue weighted by Gasteiger charge is 2.20. The average Bonchev–Trinajstić information content (AvgIpc) is 2.62. The lowest BCUT2D eigenvalue weighted by molar-refractivity contribution is -0.383. The number of halogens is 2. The first-order valence-electron chi connectivity index (χ1n) is 7.59. The highest BCUT2D eigenvalue weighted by Crippen LogP contribution is 2.27. The van der Waals surface area contributed by atoms with Gasteiger partial charge in [0.1, 0.15) is 11.4 Å². The maximum absolute atomic E-state index is 11.9. The molecule has 0 bridgehead atoms. The molecule has 0 unspecified atom stereocenters. The Labute approximate surface area is 164 Å². The molecule has 0 saturated carbocycles. The molecule has 0 aromatic heterocycles. The predicted molar refractivity (Wildman–Crippen MR) is 99.2 cm³/mol. The molecule has 0 spiro atoms. The van der Waals surface area contributed by atoms with Gasteiger partial charge in [-0.15, -0.1) is 0 Å². The van der Waals surface area contributed by atoms with Crippen LogP contribution in [0.4, 0.5) is 11.4 Å². The fourth-order valence-corrected chi connectivity index (χ4v) is 2.26. The van der Waals surface area contributed by atoms with Crippen LogP contribution < -0.4 is 10.1 Å². The topological polar surface area (TPSA) is 108 Å². The summed E-state index contributed by atoms with van der Waals surface area (Å²) in [6.45, 7) is 0.825. The van der Waals surface area contributed by atoms with Crippen molar-refractivity contribution in [1.82, 2.24) is 0 Å². The fraction of sp³-hybridized carbons (Fsp3) is 0.176. The number of carbonyl (C=O) groups is 2. The fourth-order valence-electron chi connectivity index (χ4n) is 1.97. The Morgan fingerprint density at radius 3 is 2.41 bits per heavy atom. The van der Waals surface area contributed by atoms with Gasteiger partial charge in [-0.1, -0.05) is 23.2 Å². The number of nitrogens with one attached hydrogen (secondary N) is 1. The number of hydrogen-bond acceptors (Lipinski definition) is 6. The van der Waals surface area contributed by atoms with Gasteiger partial charge in [-0.2, -0.15) is 0 Å². The molecule has 8 nitrogen and oxygen atoms in total. The lowest BCUT2D eigenvalue weighted by Crippen LogP contribution is -2.29. The van der Waals surface area contributed by atoms with Gasteiger partial charge in [0.15, 0.2) is 12.7 Å². The van der Waals surface area contributed by atoms with Gasteiger partial charge in [-0.05, 0) is 43.3 Å². The van der Waals surface area contributed by atoms with E-state index in [0.717, 1.165) is 6.07 Å². The largest absolute Gasteiger partial charge is 0.479 e. The first-order valence-corrected chi connectivity index (χ1v) is 8.34. The van der Waals surface area contributed by atoms with Crippen LogP contribution in [0.3, 0.4) is 0 Å². The summed E-state index contributed by atoms with van der Waals surface area (Å²) in [5, 5.41) is 14.0. The van der Waals surface area contributed by atoms with E-state index in [2.05, 4.69) is 5.32 Å². The minimum absolute atomic E-state index is 0.0593. The van der Waals surface area contributed by atoms with Crippen molar-refractivity contribution in [2.75, 3.05) is 11.9 Å². The van der Waals surface area contributed by atoms with Crippen LogP contribution >= 0.6 is 23.2 Å². The van der Waals surface area contributed by atoms with E-state index in [-0.39, 0.29) is 16.4 Å². The molecule has 1 N–H and O–H groups in total. The average molecular weight is 413 g/mol. The Morgan fingerprint density at radius 2 is 1.78 bits per heavy atom.